The molecule has 0 bridgehead atoms. The second-order valence-corrected chi connectivity index (χ2v) is 8.97. The van der Waals surface area contributed by atoms with E-state index >= 15 is 0 Å². The van der Waals surface area contributed by atoms with Gasteiger partial charge < -0.3 is 9.47 Å². The van der Waals surface area contributed by atoms with Gasteiger partial charge in [0.25, 0.3) is 0 Å². The molecule has 1 N–H and O–H groups in total. The van der Waals surface area contributed by atoms with Crippen LogP contribution in [0.1, 0.15) is 136 Å². The summed E-state index contributed by atoms with van der Waals surface area (Å²) in [5.74, 6) is 0. The summed E-state index contributed by atoms with van der Waals surface area (Å²) in [7, 11) is 0. The minimum absolute atomic E-state index is 0.0481. The monoisotopic (exact) mass is 411 g/mol. The molecule has 0 aromatic heterocycles. The van der Waals surface area contributed by atoms with Gasteiger partial charge in [-0.05, 0) is 45.6 Å². The van der Waals surface area contributed by atoms with Crippen molar-refractivity contribution in [2.45, 2.75) is 148 Å². The number of ether oxygens (including phenoxy) is 2. The molecule has 29 heavy (non-hydrogen) atoms. The van der Waals surface area contributed by atoms with Crippen LogP contribution in [0.3, 0.4) is 0 Å². The minimum Gasteiger partial charge on any atom is -0.431 e. The van der Waals surface area contributed by atoms with E-state index in [2.05, 4.69) is 12.2 Å². The molecular formula is C25H49NO3. The van der Waals surface area contributed by atoms with E-state index in [0.717, 1.165) is 38.6 Å². The zero-order chi connectivity index (χ0) is 21.0. The molecule has 0 radical (unpaired) electrons. The van der Waals surface area contributed by atoms with Gasteiger partial charge in [-0.3, -0.25) is 5.32 Å². The van der Waals surface area contributed by atoms with Gasteiger partial charge in [-0.2, -0.15) is 0 Å². The summed E-state index contributed by atoms with van der Waals surface area (Å²) in [5.41, 5.74) is 0. The molecule has 2 unspecified atom stereocenters. The van der Waals surface area contributed by atoms with E-state index < -0.39 is 6.16 Å². The fourth-order valence-corrected chi connectivity index (χ4v) is 4.09. The first-order valence-electron chi connectivity index (χ1n) is 12.8. The average Bonchev–Trinajstić information content (AvgIpc) is 2.71. The van der Waals surface area contributed by atoms with Crippen LogP contribution in [0.5, 0.6) is 0 Å². The van der Waals surface area contributed by atoms with Gasteiger partial charge in [0.2, 0.25) is 0 Å². The van der Waals surface area contributed by atoms with E-state index in [-0.39, 0.29) is 12.3 Å². The summed E-state index contributed by atoms with van der Waals surface area (Å²) in [6.07, 6.45) is 24.0. The van der Waals surface area contributed by atoms with Gasteiger partial charge in [-0.25, -0.2) is 4.79 Å². The Morgan fingerprint density at radius 2 is 1.34 bits per heavy atom. The third-order valence-electron chi connectivity index (χ3n) is 6.02. The molecule has 0 aromatic rings. The van der Waals surface area contributed by atoms with Crippen molar-refractivity contribution in [3.8, 4) is 0 Å². The van der Waals surface area contributed by atoms with Crippen LogP contribution in [0.25, 0.3) is 0 Å². The molecular weight excluding hydrogens is 362 g/mol. The number of hydrogen-bond acceptors (Lipinski definition) is 4. The van der Waals surface area contributed by atoms with Crippen LogP contribution in [0.15, 0.2) is 0 Å². The number of carbonyl (C=O) groups excluding carboxylic acids is 1. The van der Waals surface area contributed by atoms with E-state index in [0.29, 0.717) is 0 Å². The first-order chi connectivity index (χ1) is 14.2. The highest BCUT2D eigenvalue weighted by Crippen LogP contribution is 2.15. The maximum absolute atomic E-state index is 11.8. The van der Waals surface area contributed by atoms with Crippen molar-refractivity contribution >= 4 is 6.16 Å². The van der Waals surface area contributed by atoms with Crippen LogP contribution in [0, 0.1) is 0 Å². The minimum atomic E-state index is -0.516. The Hall–Kier alpha value is -0.770. The predicted octanol–water partition coefficient (Wildman–Crippen LogP) is 7.89. The zero-order valence-electron chi connectivity index (χ0n) is 19.5. The molecule has 1 heterocycles. The first-order valence-corrected chi connectivity index (χ1v) is 12.8. The molecule has 0 aromatic carbocycles. The molecule has 1 saturated heterocycles. The maximum Gasteiger partial charge on any atom is 0.510 e. The lowest BCUT2D eigenvalue weighted by Gasteiger charge is -2.23. The molecule has 0 spiro atoms. The Morgan fingerprint density at radius 3 is 1.83 bits per heavy atom. The molecule has 1 aliphatic rings. The summed E-state index contributed by atoms with van der Waals surface area (Å²) in [6.45, 7) is 5.18. The van der Waals surface area contributed by atoms with Crippen LogP contribution in [0.2, 0.25) is 0 Å². The van der Waals surface area contributed by atoms with E-state index in [9.17, 15) is 4.79 Å². The predicted molar refractivity (Wildman–Crippen MR) is 122 cm³/mol. The van der Waals surface area contributed by atoms with Gasteiger partial charge in [-0.15, -0.1) is 0 Å². The highest BCUT2D eigenvalue weighted by molar-refractivity contribution is 5.60. The van der Waals surface area contributed by atoms with Crippen LogP contribution in [0.4, 0.5) is 4.79 Å². The summed E-state index contributed by atoms with van der Waals surface area (Å²) >= 11 is 0. The highest BCUT2D eigenvalue weighted by Gasteiger charge is 2.19. The molecule has 2 atom stereocenters. The van der Waals surface area contributed by atoms with E-state index in [1.807, 2.05) is 6.92 Å². The lowest BCUT2D eigenvalue weighted by atomic mass is 10.0. The van der Waals surface area contributed by atoms with Crippen molar-refractivity contribution in [3.05, 3.63) is 0 Å². The molecule has 0 saturated carbocycles. The molecule has 0 amide bonds. The Balaban J connectivity index is 1.79. The number of unbranched alkanes of at least 4 members (excludes halogenated alkanes) is 14. The molecule has 0 aliphatic carbocycles. The van der Waals surface area contributed by atoms with Crippen molar-refractivity contribution < 1.29 is 14.3 Å². The quantitative estimate of drug-likeness (QED) is 0.184. The van der Waals surface area contributed by atoms with E-state index in [1.54, 1.807) is 0 Å². The van der Waals surface area contributed by atoms with Crippen LogP contribution >= 0.6 is 0 Å². The number of piperidine rings is 1. The van der Waals surface area contributed by atoms with Crippen molar-refractivity contribution in [1.29, 1.82) is 0 Å². The average molecular weight is 412 g/mol. The number of carbonyl (C=O) groups is 1. The Labute approximate surface area is 180 Å². The molecule has 172 valence electrons. The lowest BCUT2D eigenvalue weighted by Crippen LogP contribution is -2.38. The fraction of sp³-hybridized carbons (Fsp3) is 0.960. The topological polar surface area (TPSA) is 47.6 Å². The summed E-state index contributed by atoms with van der Waals surface area (Å²) in [6, 6.07) is 0. The van der Waals surface area contributed by atoms with Crippen molar-refractivity contribution in [2.75, 3.05) is 6.54 Å². The fourth-order valence-electron chi connectivity index (χ4n) is 4.09. The van der Waals surface area contributed by atoms with Crippen molar-refractivity contribution in [3.63, 3.8) is 0 Å². The standard InChI is InChI=1S/C25H49NO3/c1-3-4-5-6-7-8-9-10-11-12-13-14-15-16-17-20-23(2)28-25(27)29-24-21-18-19-22-26-24/h23-24,26H,3-22H2,1-2H3. The van der Waals surface area contributed by atoms with Crippen LogP contribution < -0.4 is 5.32 Å². The van der Waals surface area contributed by atoms with E-state index in [4.69, 9.17) is 9.47 Å². The van der Waals surface area contributed by atoms with Crippen molar-refractivity contribution in [1.82, 2.24) is 5.32 Å². The normalized spacial score (nSPS) is 17.8. The Kier molecular flexibility index (Phi) is 17.4. The van der Waals surface area contributed by atoms with Crippen LogP contribution in [-0.4, -0.2) is 25.0 Å². The molecule has 1 aliphatic heterocycles. The maximum atomic E-state index is 11.8. The third kappa shape index (κ3) is 16.7. The van der Waals surface area contributed by atoms with Gasteiger partial charge in [0, 0.05) is 0 Å². The third-order valence-corrected chi connectivity index (χ3v) is 6.02. The molecule has 1 rings (SSSR count). The second kappa shape index (κ2) is 19.2. The zero-order valence-corrected chi connectivity index (χ0v) is 19.5. The first kappa shape index (κ1) is 26.3. The lowest BCUT2D eigenvalue weighted by molar-refractivity contribution is -0.0162. The van der Waals surface area contributed by atoms with Gasteiger partial charge in [0.1, 0.15) is 6.10 Å². The van der Waals surface area contributed by atoms with Gasteiger partial charge in [0.05, 0.1) is 0 Å². The molecule has 1 fully saturated rings. The summed E-state index contributed by atoms with van der Waals surface area (Å²) < 4.78 is 10.7. The van der Waals surface area contributed by atoms with Gasteiger partial charge in [-0.1, -0.05) is 96.8 Å². The molecule has 4 nitrogen and oxygen atoms in total. The number of rotatable bonds is 18. The Bertz CT molecular complexity index is 369. The Morgan fingerprint density at radius 1 is 0.828 bits per heavy atom. The summed E-state index contributed by atoms with van der Waals surface area (Å²) in [5, 5.41) is 3.20. The van der Waals surface area contributed by atoms with E-state index in [1.165, 1.54) is 89.9 Å². The summed E-state index contributed by atoms with van der Waals surface area (Å²) in [4.78, 5) is 11.8. The highest BCUT2D eigenvalue weighted by atomic mass is 16.7. The van der Waals surface area contributed by atoms with Crippen molar-refractivity contribution in [2.24, 2.45) is 0 Å². The SMILES string of the molecule is CCCCCCCCCCCCCCCCCC(C)OC(=O)OC1CCCCN1. The second-order valence-electron chi connectivity index (χ2n) is 8.97. The van der Waals surface area contributed by atoms with Gasteiger partial charge in [0.15, 0.2) is 6.23 Å². The van der Waals surface area contributed by atoms with Crippen LogP contribution in [-0.2, 0) is 9.47 Å². The number of nitrogens with one attached hydrogen (secondary N) is 1. The number of hydrogen-bond donors (Lipinski definition) is 1. The smallest absolute Gasteiger partial charge is 0.431 e. The van der Waals surface area contributed by atoms with Gasteiger partial charge >= 0.3 is 6.16 Å². The largest absolute Gasteiger partial charge is 0.510 e. The molecule has 4 heteroatoms.